The highest BCUT2D eigenvalue weighted by Crippen LogP contribution is 2.21. The Bertz CT molecular complexity index is 501. The first-order valence-electron chi connectivity index (χ1n) is 5.81. The third-order valence-electron chi connectivity index (χ3n) is 3.28. The van der Waals surface area contributed by atoms with Gasteiger partial charge < -0.3 is 15.7 Å². The van der Waals surface area contributed by atoms with E-state index < -0.39 is 11.5 Å². The summed E-state index contributed by atoms with van der Waals surface area (Å²) in [7, 11) is 0. The quantitative estimate of drug-likeness (QED) is 0.803. The summed E-state index contributed by atoms with van der Waals surface area (Å²) in [5.74, 6) is -1.21. The first kappa shape index (κ1) is 12.6. The minimum atomic E-state index is -1.31. The fourth-order valence-corrected chi connectivity index (χ4v) is 2.14. The van der Waals surface area contributed by atoms with Crippen LogP contribution < -0.4 is 5.73 Å². The Hall–Kier alpha value is -1.88. The van der Waals surface area contributed by atoms with Crippen molar-refractivity contribution in [3.8, 4) is 0 Å². The minimum Gasteiger partial charge on any atom is -0.480 e. The van der Waals surface area contributed by atoms with E-state index in [0.29, 0.717) is 18.5 Å². The first-order valence-corrected chi connectivity index (χ1v) is 5.81. The van der Waals surface area contributed by atoms with E-state index in [2.05, 4.69) is 0 Å². The molecule has 0 aromatic heterocycles. The molecule has 0 saturated carbocycles. The molecule has 2 rings (SSSR count). The maximum atomic E-state index is 12.2. The Labute approximate surface area is 105 Å². The van der Waals surface area contributed by atoms with Gasteiger partial charge in [0.2, 0.25) is 0 Å². The number of nitrogens with two attached hydrogens (primary N) is 1. The molecule has 0 bridgehead atoms. The summed E-state index contributed by atoms with van der Waals surface area (Å²) in [6, 6.07) is 7.24. The monoisotopic (exact) mass is 248 g/mol. The van der Waals surface area contributed by atoms with Crippen LogP contribution in [0.15, 0.2) is 24.3 Å². The van der Waals surface area contributed by atoms with Gasteiger partial charge in [0.25, 0.3) is 5.91 Å². The molecule has 1 unspecified atom stereocenters. The number of aliphatic carboxylic acids is 1. The van der Waals surface area contributed by atoms with E-state index in [1.54, 1.807) is 12.1 Å². The molecule has 18 heavy (non-hydrogen) atoms. The van der Waals surface area contributed by atoms with Gasteiger partial charge in [0, 0.05) is 18.7 Å². The number of likely N-dealkylation sites (tertiary alicyclic amines) is 1. The number of rotatable bonds is 2. The number of carboxylic acid groups (broad SMARTS) is 1. The van der Waals surface area contributed by atoms with Crippen LogP contribution in [0.1, 0.15) is 22.3 Å². The maximum Gasteiger partial charge on any atom is 0.325 e. The molecule has 1 aromatic rings. The van der Waals surface area contributed by atoms with Crippen molar-refractivity contribution in [3.05, 3.63) is 35.4 Å². The molecule has 0 radical (unpaired) electrons. The SMILES string of the molecule is Cc1cccc(C(=O)N2CCC(N)(C(=O)O)C2)c1. The third kappa shape index (κ3) is 2.22. The molecule has 1 amide bonds. The van der Waals surface area contributed by atoms with Gasteiger partial charge >= 0.3 is 5.97 Å². The number of hydrogen-bond donors (Lipinski definition) is 2. The molecule has 5 heteroatoms. The van der Waals surface area contributed by atoms with Gasteiger partial charge in [-0.15, -0.1) is 0 Å². The van der Waals surface area contributed by atoms with Crippen LogP contribution in [0.25, 0.3) is 0 Å². The van der Waals surface area contributed by atoms with Crippen LogP contribution in [0.5, 0.6) is 0 Å². The number of carboxylic acids is 1. The predicted octanol–water partition coefficient (Wildman–Crippen LogP) is 0.623. The van der Waals surface area contributed by atoms with Crippen LogP contribution in [-0.2, 0) is 4.79 Å². The van der Waals surface area contributed by atoms with Crippen molar-refractivity contribution >= 4 is 11.9 Å². The van der Waals surface area contributed by atoms with Gasteiger partial charge in [-0.1, -0.05) is 17.7 Å². The summed E-state index contributed by atoms with van der Waals surface area (Å²) >= 11 is 0. The molecule has 5 nitrogen and oxygen atoms in total. The van der Waals surface area contributed by atoms with Crippen molar-refractivity contribution in [2.45, 2.75) is 18.9 Å². The second-order valence-electron chi connectivity index (χ2n) is 4.81. The van der Waals surface area contributed by atoms with E-state index in [-0.39, 0.29) is 12.5 Å². The first-order chi connectivity index (χ1) is 8.42. The Morgan fingerprint density at radius 3 is 2.72 bits per heavy atom. The molecule has 0 aliphatic carbocycles. The summed E-state index contributed by atoms with van der Waals surface area (Å²) in [4.78, 5) is 24.7. The van der Waals surface area contributed by atoms with Crippen LogP contribution in [0.3, 0.4) is 0 Å². The average Bonchev–Trinajstić information content (AvgIpc) is 2.72. The van der Waals surface area contributed by atoms with Crippen LogP contribution in [0.4, 0.5) is 0 Å². The van der Waals surface area contributed by atoms with Gasteiger partial charge in [-0.25, -0.2) is 0 Å². The zero-order valence-electron chi connectivity index (χ0n) is 10.2. The molecular weight excluding hydrogens is 232 g/mol. The number of carbonyl (C=O) groups is 2. The standard InChI is InChI=1S/C13H16N2O3/c1-9-3-2-4-10(7-9)11(16)15-6-5-13(14,8-15)12(17)18/h2-4,7H,5-6,8,14H2,1H3,(H,17,18). The Balaban J connectivity index is 2.15. The molecule has 0 spiro atoms. The highest BCUT2D eigenvalue weighted by atomic mass is 16.4. The molecule has 1 fully saturated rings. The molecule has 1 aliphatic rings. The van der Waals surface area contributed by atoms with Gasteiger partial charge in [-0.3, -0.25) is 9.59 Å². The zero-order valence-corrected chi connectivity index (χ0v) is 10.2. The Morgan fingerprint density at radius 2 is 2.17 bits per heavy atom. The summed E-state index contributed by atoms with van der Waals surface area (Å²) in [6.45, 7) is 2.36. The van der Waals surface area contributed by atoms with Gasteiger partial charge in [0.15, 0.2) is 0 Å². The molecule has 1 saturated heterocycles. The number of aryl methyl sites for hydroxylation is 1. The van der Waals surface area contributed by atoms with Gasteiger partial charge in [0.05, 0.1) is 0 Å². The maximum absolute atomic E-state index is 12.2. The van der Waals surface area contributed by atoms with Crippen molar-refractivity contribution in [3.63, 3.8) is 0 Å². The lowest BCUT2D eigenvalue weighted by atomic mass is 10.0. The largest absolute Gasteiger partial charge is 0.480 e. The molecule has 1 atom stereocenters. The number of carbonyl (C=O) groups excluding carboxylic acids is 1. The predicted molar refractivity (Wildman–Crippen MR) is 66.3 cm³/mol. The van der Waals surface area contributed by atoms with Crippen molar-refractivity contribution in [2.75, 3.05) is 13.1 Å². The number of amides is 1. The number of hydrogen-bond acceptors (Lipinski definition) is 3. The summed E-state index contributed by atoms with van der Waals surface area (Å²) in [5, 5.41) is 9.02. The second-order valence-corrected chi connectivity index (χ2v) is 4.81. The van der Waals surface area contributed by atoms with Crippen molar-refractivity contribution < 1.29 is 14.7 Å². The Kier molecular flexibility index (Phi) is 3.09. The molecule has 1 heterocycles. The van der Waals surface area contributed by atoms with E-state index in [1.165, 1.54) is 4.90 Å². The van der Waals surface area contributed by atoms with E-state index in [9.17, 15) is 9.59 Å². The summed E-state index contributed by atoms with van der Waals surface area (Å²) < 4.78 is 0. The van der Waals surface area contributed by atoms with Crippen LogP contribution in [0, 0.1) is 6.92 Å². The van der Waals surface area contributed by atoms with Gasteiger partial charge in [-0.2, -0.15) is 0 Å². The summed E-state index contributed by atoms with van der Waals surface area (Å²) in [5.41, 5.74) is 6.01. The fourth-order valence-electron chi connectivity index (χ4n) is 2.14. The van der Waals surface area contributed by atoms with Gasteiger partial charge in [0.1, 0.15) is 5.54 Å². The van der Waals surface area contributed by atoms with Crippen molar-refractivity contribution in [1.82, 2.24) is 4.90 Å². The molecule has 3 N–H and O–H groups in total. The molecule has 1 aliphatic heterocycles. The molecule has 96 valence electrons. The number of nitrogens with zero attached hydrogens (tertiary/aromatic N) is 1. The second kappa shape index (κ2) is 4.42. The van der Waals surface area contributed by atoms with Crippen LogP contribution >= 0.6 is 0 Å². The number of benzene rings is 1. The highest BCUT2D eigenvalue weighted by molar-refractivity contribution is 5.95. The minimum absolute atomic E-state index is 0.0646. The Morgan fingerprint density at radius 1 is 1.44 bits per heavy atom. The van der Waals surface area contributed by atoms with E-state index >= 15 is 0 Å². The lowest BCUT2D eigenvalue weighted by Gasteiger charge is -2.20. The van der Waals surface area contributed by atoms with Crippen molar-refractivity contribution in [1.29, 1.82) is 0 Å². The van der Waals surface area contributed by atoms with Crippen molar-refractivity contribution in [2.24, 2.45) is 5.73 Å². The van der Waals surface area contributed by atoms with E-state index in [1.807, 2.05) is 19.1 Å². The average molecular weight is 248 g/mol. The van der Waals surface area contributed by atoms with Crippen LogP contribution in [0.2, 0.25) is 0 Å². The lowest BCUT2D eigenvalue weighted by Crippen LogP contribution is -2.50. The molecule has 1 aromatic carbocycles. The third-order valence-corrected chi connectivity index (χ3v) is 3.28. The molecular formula is C13H16N2O3. The zero-order chi connectivity index (χ0) is 13.3. The van der Waals surface area contributed by atoms with E-state index in [0.717, 1.165) is 5.56 Å². The van der Waals surface area contributed by atoms with Crippen LogP contribution in [-0.4, -0.2) is 40.5 Å². The fraction of sp³-hybridized carbons (Fsp3) is 0.385. The van der Waals surface area contributed by atoms with E-state index in [4.69, 9.17) is 10.8 Å². The summed E-state index contributed by atoms with van der Waals surface area (Å²) in [6.07, 6.45) is 0.292. The highest BCUT2D eigenvalue weighted by Gasteiger charge is 2.43. The smallest absolute Gasteiger partial charge is 0.325 e. The topological polar surface area (TPSA) is 83.6 Å². The normalized spacial score (nSPS) is 23.1. The lowest BCUT2D eigenvalue weighted by molar-refractivity contribution is -0.142. The van der Waals surface area contributed by atoms with Gasteiger partial charge in [-0.05, 0) is 25.5 Å².